The molecule has 0 saturated heterocycles. The summed E-state index contributed by atoms with van der Waals surface area (Å²) in [5.41, 5.74) is 5.21. The number of anilines is 6. The molecule has 0 fully saturated rings. The fourth-order valence-corrected chi connectivity index (χ4v) is 4.78. The van der Waals surface area contributed by atoms with Crippen molar-refractivity contribution in [3.63, 3.8) is 0 Å². The van der Waals surface area contributed by atoms with E-state index in [1.54, 1.807) is 12.4 Å². The van der Waals surface area contributed by atoms with Crippen molar-refractivity contribution >= 4 is 56.3 Å². The molecule has 0 saturated carbocycles. The summed E-state index contributed by atoms with van der Waals surface area (Å²) < 4.78 is 6.21. The van der Waals surface area contributed by atoms with Gasteiger partial charge in [0.1, 0.15) is 11.6 Å². The van der Waals surface area contributed by atoms with E-state index in [9.17, 15) is 0 Å². The van der Waals surface area contributed by atoms with Crippen LogP contribution in [0.3, 0.4) is 0 Å². The molecule has 6 heteroatoms. The molecular weight excluding hydrogens is 675 g/mol. The van der Waals surface area contributed by atoms with Crippen LogP contribution in [0.4, 0.5) is 34.4 Å². The maximum Gasteiger partial charge on any atom is 2.00 e. The Morgan fingerprint density at radius 3 is 1.30 bits per heavy atom. The van der Waals surface area contributed by atoms with Crippen LogP contribution in [0.5, 0.6) is 0 Å². The van der Waals surface area contributed by atoms with Crippen LogP contribution in [0, 0.1) is 12.1 Å². The zero-order valence-electron chi connectivity index (χ0n) is 21.2. The monoisotopic (exact) mass is 697 g/mol. The zero-order valence-corrected chi connectivity index (χ0v) is 23.5. The summed E-state index contributed by atoms with van der Waals surface area (Å²) in [6, 6.07) is 47.4. The molecule has 0 aliphatic heterocycles. The van der Waals surface area contributed by atoms with Crippen molar-refractivity contribution in [3.05, 3.63) is 146 Å². The molecule has 0 radical (unpaired) electrons. The van der Waals surface area contributed by atoms with Gasteiger partial charge in [-0.1, -0.05) is 48.5 Å². The van der Waals surface area contributed by atoms with Crippen LogP contribution in [0.15, 0.2) is 138 Å². The number of hydrogen-bond donors (Lipinski definition) is 0. The maximum absolute atomic E-state index is 6.21. The summed E-state index contributed by atoms with van der Waals surface area (Å²) in [4.78, 5) is 13.4. The quantitative estimate of drug-likeness (QED) is 0.163. The molecule has 0 spiro atoms. The topological polar surface area (TPSA) is 45.4 Å². The minimum Gasteiger partial charge on any atom is -0.564 e. The van der Waals surface area contributed by atoms with E-state index in [-0.39, 0.29) is 21.1 Å². The second kappa shape index (κ2) is 11.2. The molecule has 7 aromatic rings. The van der Waals surface area contributed by atoms with E-state index < -0.39 is 0 Å². The van der Waals surface area contributed by atoms with E-state index in [1.165, 1.54) is 0 Å². The number of para-hydroxylation sites is 2. The van der Waals surface area contributed by atoms with E-state index in [0.717, 1.165) is 56.3 Å². The number of fused-ring (bicyclic) bond motifs is 3. The fourth-order valence-electron chi connectivity index (χ4n) is 4.78. The van der Waals surface area contributed by atoms with E-state index in [1.807, 2.05) is 97.1 Å². The molecule has 0 bridgehead atoms. The van der Waals surface area contributed by atoms with Gasteiger partial charge in [-0.15, -0.1) is 24.3 Å². The Morgan fingerprint density at radius 2 is 0.900 bits per heavy atom. The normalized spacial score (nSPS) is 10.8. The maximum atomic E-state index is 6.21. The van der Waals surface area contributed by atoms with Crippen LogP contribution in [-0.4, -0.2) is 9.97 Å². The first-order valence-corrected chi connectivity index (χ1v) is 12.7. The van der Waals surface area contributed by atoms with Gasteiger partial charge >= 0.3 is 21.1 Å². The van der Waals surface area contributed by atoms with Crippen molar-refractivity contribution in [2.24, 2.45) is 0 Å². The van der Waals surface area contributed by atoms with Gasteiger partial charge < -0.3 is 14.2 Å². The van der Waals surface area contributed by atoms with Gasteiger partial charge in [-0.05, 0) is 71.1 Å². The van der Waals surface area contributed by atoms with E-state index in [4.69, 9.17) is 4.42 Å². The second-order valence-corrected chi connectivity index (χ2v) is 8.99. The number of pyridine rings is 2. The van der Waals surface area contributed by atoms with Gasteiger partial charge in [-0.25, -0.2) is 9.97 Å². The Labute approximate surface area is 246 Å². The first-order chi connectivity index (χ1) is 19.3. The Hall–Kier alpha value is -4.73. The molecule has 4 aromatic carbocycles. The van der Waals surface area contributed by atoms with Crippen molar-refractivity contribution in [1.29, 1.82) is 0 Å². The smallest absolute Gasteiger partial charge is 0.564 e. The van der Waals surface area contributed by atoms with E-state index in [2.05, 4.69) is 56.2 Å². The average Bonchev–Trinajstić information content (AvgIpc) is 3.37. The summed E-state index contributed by atoms with van der Waals surface area (Å²) in [6.45, 7) is 0. The molecule has 194 valence electrons. The predicted molar refractivity (Wildman–Crippen MR) is 156 cm³/mol. The average molecular weight is 698 g/mol. The van der Waals surface area contributed by atoms with Crippen molar-refractivity contribution in [1.82, 2.24) is 9.97 Å². The number of aromatic nitrogens is 2. The third-order valence-electron chi connectivity index (χ3n) is 6.52. The first kappa shape index (κ1) is 25.5. The number of nitrogens with zero attached hydrogens (tertiary/aromatic N) is 4. The molecule has 0 atom stereocenters. The van der Waals surface area contributed by atoms with Crippen LogP contribution < -0.4 is 9.80 Å². The first-order valence-electron chi connectivity index (χ1n) is 12.7. The van der Waals surface area contributed by atoms with Gasteiger partial charge in [0.2, 0.25) is 0 Å². The summed E-state index contributed by atoms with van der Waals surface area (Å²) in [5.74, 6) is 1.62. The zero-order chi connectivity index (χ0) is 26.0. The van der Waals surface area contributed by atoms with Crippen molar-refractivity contribution in [2.75, 3.05) is 9.80 Å². The summed E-state index contributed by atoms with van der Waals surface area (Å²) >= 11 is 0. The van der Waals surface area contributed by atoms with Gasteiger partial charge in [-0.3, -0.25) is 0 Å². The molecule has 0 aliphatic carbocycles. The molecule has 0 unspecified atom stereocenters. The van der Waals surface area contributed by atoms with E-state index >= 15 is 0 Å². The van der Waals surface area contributed by atoms with Crippen LogP contribution in [0.2, 0.25) is 0 Å². The minimum atomic E-state index is 0. The molecule has 40 heavy (non-hydrogen) atoms. The van der Waals surface area contributed by atoms with Crippen molar-refractivity contribution in [3.8, 4) is 0 Å². The SMILES string of the molecule is [Pt+2].[c-]1c(N(c2ccccc2)c2ccccn2)ccc2oc3ccc(N(c4ccccc4)c4ccccn4)[c-]c3c12. The van der Waals surface area contributed by atoms with Crippen LogP contribution in [-0.2, 0) is 21.1 Å². The Morgan fingerprint density at radius 1 is 0.475 bits per heavy atom. The standard InChI is InChI=1S/C34H22N4O.Pt/c1-3-11-25(12-4-1)37(33-15-7-9-21-35-33)27-17-19-31-29(23-27)30-24-28(18-20-32(30)39-31)38(26-13-5-2-6-14-26)34-16-8-10-22-36-34;/h1-22H;/q-2;+2. The Bertz CT molecular complexity index is 1640. The van der Waals surface area contributed by atoms with Gasteiger partial charge in [0.15, 0.2) is 0 Å². The van der Waals surface area contributed by atoms with Gasteiger partial charge in [0.25, 0.3) is 0 Å². The van der Waals surface area contributed by atoms with Crippen molar-refractivity contribution < 1.29 is 25.5 Å². The molecular formula is C34H22N4OPt. The number of benzene rings is 4. The van der Waals surface area contributed by atoms with Gasteiger partial charge in [0, 0.05) is 23.8 Å². The number of furan rings is 1. The molecule has 0 amide bonds. The molecule has 5 nitrogen and oxygen atoms in total. The van der Waals surface area contributed by atoms with Crippen molar-refractivity contribution in [2.45, 2.75) is 0 Å². The Kier molecular flexibility index (Phi) is 7.13. The van der Waals surface area contributed by atoms with E-state index in [0.29, 0.717) is 0 Å². The molecule has 7 rings (SSSR count). The third-order valence-corrected chi connectivity index (χ3v) is 6.52. The van der Waals surface area contributed by atoms with Gasteiger partial charge in [-0.2, -0.15) is 22.9 Å². The Balaban J connectivity index is 0.00000289. The minimum absolute atomic E-state index is 0. The predicted octanol–water partition coefficient (Wildman–Crippen LogP) is 8.91. The number of hydrogen-bond acceptors (Lipinski definition) is 5. The second-order valence-electron chi connectivity index (χ2n) is 8.99. The van der Waals surface area contributed by atoms with Crippen LogP contribution in [0.25, 0.3) is 21.9 Å². The fraction of sp³-hybridized carbons (Fsp3) is 0. The summed E-state index contributed by atoms with van der Waals surface area (Å²) in [5, 5.41) is 1.71. The van der Waals surface area contributed by atoms with Crippen LogP contribution >= 0.6 is 0 Å². The van der Waals surface area contributed by atoms with Gasteiger partial charge in [0.05, 0.1) is 0 Å². The molecule has 3 aromatic heterocycles. The molecule has 0 aliphatic rings. The number of rotatable bonds is 6. The molecule has 3 heterocycles. The molecule has 0 N–H and O–H groups in total. The summed E-state index contributed by atoms with van der Waals surface area (Å²) in [6.07, 6.45) is 3.60. The summed E-state index contributed by atoms with van der Waals surface area (Å²) in [7, 11) is 0. The van der Waals surface area contributed by atoms with Crippen LogP contribution in [0.1, 0.15) is 0 Å². The largest absolute Gasteiger partial charge is 2.00 e. The third kappa shape index (κ3) is 4.76.